The Balaban J connectivity index is 2.28. The molecule has 0 atom stereocenters. The van der Waals surface area contributed by atoms with Gasteiger partial charge in [-0.05, 0) is 48.4 Å². The van der Waals surface area contributed by atoms with Crippen molar-refractivity contribution in [3.8, 4) is 0 Å². The minimum Gasteiger partial charge on any atom is -0.481 e. The molecule has 5 nitrogen and oxygen atoms in total. The van der Waals surface area contributed by atoms with Crippen molar-refractivity contribution in [1.82, 2.24) is 0 Å². The molecule has 0 heterocycles. The number of carboxylic acid groups (broad SMARTS) is 1. The predicted molar refractivity (Wildman–Crippen MR) is 87.5 cm³/mol. The summed E-state index contributed by atoms with van der Waals surface area (Å²) in [5.74, 6) is -0.969. The number of aliphatic carboxylic acids is 1. The fourth-order valence-electron chi connectivity index (χ4n) is 1.92. The number of carbonyl (C=O) groups is 1. The number of halogens is 1. The number of sulfonamides is 1. The molecule has 0 aliphatic heterocycles. The maximum Gasteiger partial charge on any atom is 0.307 e. The summed E-state index contributed by atoms with van der Waals surface area (Å²) in [6.45, 7) is 1.80. The van der Waals surface area contributed by atoms with Gasteiger partial charge in [-0.25, -0.2) is 8.42 Å². The van der Waals surface area contributed by atoms with Crippen molar-refractivity contribution in [1.29, 1.82) is 0 Å². The average Bonchev–Trinajstić information content (AvgIpc) is 2.40. The molecule has 7 heteroatoms. The fourth-order valence-corrected chi connectivity index (χ4v) is 3.30. The molecule has 2 rings (SSSR count). The van der Waals surface area contributed by atoms with Crippen LogP contribution < -0.4 is 4.72 Å². The second-order valence-electron chi connectivity index (χ2n) is 4.79. The van der Waals surface area contributed by atoms with E-state index in [-0.39, 0.29) is 11.3 Å². The second kappa shape index (κ2) is 6.50. The number of hydrogen-bond acceptors (Lipinski definition) is 3. The number of aryl methyl sites for hydroxylation is 1. The highest BCUT2D eigenvalue weighted by atomic mass is 79.9. The van der Waals surface area contributed by atoms with E-state index in [1.165, 1.54) is 12.1 Å². The molecule has 0 aliphatic carbocycles. The third kappa shape index (κ3) is 4.08. The van der Waals surface area contributed by atoms with Gasteiger partial charge in [0.05, 0.1) is 11.3 Å². The highest BCUT2D eigenvalue weighted by Crippen LogP contribution is 2.22. The molecule has 0 saturated carbocycles. The van der Waals surface area contributed by atoms with Crippen LogP contribution >= 0.6 is 15.9 Å². The first-order valence-corrected chi connectivity index (χ1v) is 8.65. The summed E-state index contributed by atoms with van der Waals surface area (Å²) in [4.78, 5) is 10.9. The SMILES string of the molecule is Cc1cc(S(=O)(=O)Nc2cccc(CC(=O)O)c2)ccc1Br. The normalized spacial score (nSPS) is 11.2. The van der Waals surface area contributed by atoms with E-state index in [0.29, 0.717) is 11.3 Å². The molecule has 0 radical (unpaired) electrons. The molecule has 0 amide bonds. The van der Waals surface area contributed by atoms with Gasteiger partial charge in [0, 0.05) is 10.2 Å². The van der Waals surface area contributed by atoms with Gasteiger partial charge >= 0.3 is 5.97 Å². The lowest BCUT2D eigenvalue weighted by atomic mass is 10.1. The molecule has 2 aromatic carbocycles. The molecule has 22 heavy (non-hydrogen) atoms. The van der Waals surface area contributed by atoms with Crippen LogP contribution in [0.2, 0.25) is 0 Å². The van der Waals surface area contributed by atoms with E-state index in [1.54, 1.807) is 37.3 Å². The van der Waals surface area contributed by atoms with Gasteiger partial charge in [0.1, 0.15) is 0 Å². The Labute approximate surface area is 137 Å². The zero-order valence-electron chi connectivity index (χ0n) is 11.7. The molecule has 0 saturated heterocycles. The van der Waals surface area contributed by atoms with Crippen LogP contribution in [0.25, 0.3) is 0 Å². The predicted octanol–water partition coefficient (Wildman–Crippen LogP) is 3.19. The van der Waals surface area contributed by atoms with Crippen LogP contribution in [-0.2, 0) is 21.2 Å². The quantitative estimate of drug-likeness (QED) is 0.830. The Morgan fingerprint density at radius 1 is 1.23 bits per heavy atom. The van der Waals surface area contributed by atoms with Gasteiger partial charge in [0.25, 0.3) is 10.0 Å². The number of nitrogens with one attached hydrogen (secondary N) is 1. The summed E-state index contributed by atoms with van der Waals surface area (Å²) in [5, 5.41) is 8.78. The molecule has 0 unspecified atom stereocenters. The molecule has 116 valence electrons. The molecule has 0 spiro atoms. The monoisotopic (exact) mass is 383 g/mol. The summed E-state index contributed by atoms with van der Waals surface area (Å²) >= 11 is 3.32. The molecule has 2 aromatic rings. The Morgan fingerprint density at radius 3 is 2.59 bits per heavy atom. The van der Waals surface area contributed by atoms with Gasteiger partial charge in [-0.15, -0.1) is 0 Å². The number of anilines is 1. The highest BCUT2D eigenvalue weighted by Gasteiger charge is 2.15. The summed E-state index contributed by atoms with van der Waals surface area (Å²) in [5.41, 5.74) is 1.67. The standard InChI is InChI=1S/C15H14BrNO4S/c1-10-7-13(5-6-14(10)16)22(20,21)17-12-4-2-3-11(8-12)9-15(18)19/h2-8,17H,9H2,1H3,(H,18,19). The Bertz CT molecular complexity index is 818. The highest BCUT2D eigenvalue weighted by molar-refractivity contribution is 9.10. The zero-order chi connectivity index (χ0) is 16.3. The minimum absolute atomic E-state index is 0.150. The van der Waals surface area contributed by atoms with Crippen molar-refractivity contribution in [3.63, 3.8) is 0 Å². The van der Waals surface area contributed by atoms with E-state index < -0.39 is 16.0 Å². The van der Waals surface area contributed by atoms with Crippen molar-refractivity contribution in [2.24, 2.45) is 0 Å². The summed E-state index contributed by atoms with van der Waals surface area (Å²) < 4.78 is 28.0. The molecule has 0 bridgehead atoms. The van der Waals surface area contributed by atoms with Gasteiger partial charge in [-0.1, -0.05) is 28.1 Å². The van der Waals surface area contributed by atoms with E-state index in [1.807, 2.05) is 0 Å². The van der Waals surface area contributed by atoms with Crippen molar-refractivity contribution in [3.05, 3.63) is 58.1 Å². The first-order valence-electron chi connectivity index (χ1n) is 6.37. The number of carboxylic acids is 1. The van der Waals surface area contributed by atoms with Gasteiger partial charge in [0.15, 0.2) is 0 Å². The lowest BCUT2D eigenvalue weighted by Crippen LogP contribution is -2.13. The molecular weight excluding hydrogens is 370 g/mol. The van der Waals surface area contributed by atoms with E-state index in [9.17, 15) is 13.2 Å². The van der Waals surface area contributed by atoms with Crippen molar-refractivity contribution in [2.45, 2.75) is 18.2 Å². The molecule has 0 aliphatic rings. The van der Waals surface area contributed by atoms with Gasteiger partial charge in [0.2, 0.25) is 0 Å². The fraction of sp³-hybridized carbons (Fsp3) is 0.133. The van der Waals surface area contributed by atoms with Crippen LogP contribution in [0.4, 0.5) is 5.69 Å². The van der Waals surface area contributed by atoms with Crippen LogP contribution in [-0.4, -0.2) is 19.5 Å². The van der Waals surface area contributed by atoms with Crippen molar-refractivity contribution < 1.29 is 18.3 Å². The Kier molecular flexibility index (Phi) is 4.87. The third-order valence-corrected chi connectivity index (χ3v) is 5.24. The third-order valence-electron chi connectivity index (χ3n) is 2.97. The first-order chi connectivity index (χ1) is 10.3. The second-order valence-corrected chi connectivity index (χ2v) is 7.32. The van der Waals surface area contributed by atoms with E-state index in [0.717, 1.165) is 10.0 Å². The molecule has 0 aromatic heterocycles. The lowest BCUT2D eigenvalue weighted by Gasteiger charge is -2.10. The molecule has 2 N–H and O–H groups in total. The number of rotatable bonds is 5. The Morgan fingerprint density at radius 2 is 1.95 bits per heavy atom. The lowest BCUT2D eigenvalue weighted by molar-refractivity contribution is -0.136. The maximum absolute atomic E-state index is 12.4. The van der Waals surface area contributed by atoms with E-state index in [2.05, 4.69) is 20.7 Å². The van der Waals surface area contributed by atoms with Crippen LogP contribution in [0.15, 0.2) is 51.8 Å². The number of hydrogen-bond donors (Lipinski definition) is 2. The van der Waals surface area contributed by atoms with Gasteiger partial charge in [-0.3, -0.25) is 9.52 Å². The van der Waals surface area contributed by atoms with Crippen LogP contribution in [0.5, 0.6) is 0 Å². The van der Waals surface area contributed by atoms with Crippen molar-refractivity contribution >= 4 is 37.6 Å². The zero-order valence-corrected chi connectivity index (χ0v) is 14.1. The van der Waals surface area contributed by atoms with Crippen LogP contribution in [0.3, 0.4) is 0 Å². The van der Waals surface area contributed by atoms with Gasteiger partial charge in [-0.2, -0.15) is 0 Å². The average molecular weight is 384 g/mol. The van der Waals surface area contributed by atoms with Crippen LogP contribution in [0, 0.1) is 6.92 Å². The summed E-state index contributed by atoms with van der Waals surface area (Å²) in [6.07, 6.45) is -0.160. The summed E-state index contributed by atoms with van der Waals surface area (Å²) in [7, 11) is -3.72. The van der Waals surface area contributed by atoms with Gasteiger partial charge < -0.3 is 5.11 Å². The topological polar surface area (TPSA) is 83.5 Å². The number of benzene rings is 2. The minimum atomic E-state index is -3.72. The van der Waals surface area contributed by atoms with Crippen LogP contribution in [0.1, 0.15) is 11.1 Å². The van der Waals surface area contributed by atoms with E-state index >= 15 is 0 Å². The largest absolute Gasteiger partial charge is 0.481 e. The van der Waals surface area contributed by atoms with Crippen molar-refractivity contribution in [2.75, 3.05) is 4.72 Å². The summed E-state index contributed by atoms with van der Waals surface area (Å²) in [6, 6.07) is 11.1. The smallest absolute Gasteiger partial charge is 0.307 e. The first kappa shape index (κ1) is 16.5. The molecular formula is C15H14BrNO4S. The Hall–Kier alpha value is -1.86. The van der Waals surface area contributed by atoms with E-state index in [4.69, 9.17) is 5.11 Å². The molecule has 0 fully saturated rings. The maximum atomic E-state index is 12.4.